The molecule has 1 heterocycles. The molecular weight excluding hydrogens is 644 g/mol. The Kier molecular flexibility index (Phi) is 12.5. The summed E-state index contributed by atoms with van der Waals surface area (Å²) >= 11 is 0. The van der Waals surface area contributed by atoms with E-state index in [2.05, 4.69) is 10.6 Å². The predicted molar refractivity (Wildman–Crippen MR) is 197 cm³/mol. The van der Waals surface area contributed by atoms with Crippen molar-refractivity contribution >= 4 is 29.2 Å². The SMILES string of the molecule is CCCC(=O)N1C(Cc2ccc(OC)cc2)C(O)N(c2ccc(CC(NC(=O)C3(CCNC(C)=O)CCCC3)C(C)=O)cc2)C1c1ccccc1. The minimum absolute atomic E-state index is 0.0276. The van der Waals surface area contributed by atoms with Crippen LogP contribution in [-0.2, 0) is 32.0 Å². The first-order chi connectivity index (χ1) is 24.6. The van der Waals surface area contributed by atoms with Gasteiger partial charge in [-0.05, 0) is 86.4 Å². The van der Waals surface area contributed by atoms with Crippen molar-refractivity contribution in [1.29, 1.82) is 0 Å². The Balaban J connectivity index is 1.40. The molecule has 0 bridgehead atoms. The van der Waals surface area contributed by atoms with E-state index in [1.54, 1.807) is 7.11 Å². The number of methoxy groups -OCH3 is 1. The van der Waals surface area contributed by atoms with Crippen molar-refractivity contribution in [3.05, 3.63) is 95.6 Å². The molecule has 1 saturated heterocycles. The van der Waals surface area contributed by atoms with Gasteiger partial charge in [0.2, 0.25) is 17.7 Å². The monoisotopic (exact) mass is 696 g/mol. The topological polar surface area (TPSA) is 128 Å². The van der Waals surface area contributed by atoms with Gasteiger partial charge < -0.3 is 30.3 Å². The first kappa shape index (κ1) is 37.6. The van der Waals surface area contributed by atoms with E-state index < -0.39 is 29.9 Å². The number of nitrogens with zero attached hydrogens (tertiary/aromatic N) is 2. The number of nitrogens with one attached hydrogen (secondary N) is 2. The zero-order valence-corrected chi connectivity index (χ0v) is 30.3. The number of rotatable bonds is 15. The lowest BCUT2D eigenvalue weighted by Gasteiger charge is -2.33. The van der Waals surface area contributed by atoms with E-state index in [4.69, 9.17) is 4.74 Å². The van der Waals surface area contributed by atoms with Crippen LogP contribution in [0.15, 0.2) is 78.9 Å². The zero-order valence-electron chi connectivity index (χ0n) is 30.3. The summed E-state index contributed by atoms with van der Waals surface area (Å²) < 4.78 is 5.34. The van der Waals surface area contributed by atoms with E-state index in [-0.39, 0.29) is 23.5 Å². The highest BCUT2D eigenvalue weighted by Crippen LogP contribution is 2.43. The van der Waals surface area contributed by atoms with Crippen molar-refractivity contribution in [1.82, 2.24) is 15.5 Å². The smallest absolute Gasteiger partial charge is 0.226 e. The van der Waals surface area contributed by atoms with Crippen LogP contribution in [0, 0.1) is 5.41 Å². The summed E-state index contributed by atoms with van der Waals surface area (Å²) in [5.41, 5.74) is 2.86. The molecule has 10 nitrogen and oxygen atoms in total. The molecule has 0 aromatic heterocycles. The maximum absolute atomic E-state index is 13.9. The van der Waals surface area contributed by atoms with Crippen LogP contribution in [-0.4, -0.2) is 65.5 Å². The van der Waals surface area contributed by atoms with Crippen LogP contribution in [0.1, 0.15) is 88.6 Å². The highest BCUT2D eigenvalue weighted by molar-refractivity contribution is 5.90. The highest BCUT2D eigenvalue weighted by atomic mass is 16.5. The van der Waals surface area contributed by atoms with E-state index in [0.29, 0.717) is 38.6 Å². The molecule has 3 N–H and O–H groups in total. The molecule has 2 aliphatic rings. The van der Waals surface area contributed by atoms with Crippen molar-refractivity contribution in [3.8, 4) is 5.75 Å². The van der Waals surface area contributed by atoms with Gasteiger partial charge >= 0.3 is 0 Å². The van der Waals surface area contributed by atoms with Gasteiger partial charge in [-0.2, -0.15) is 0 Å². The van der Waals surface area contributed by atoms with Gasteiger partial charge in [0.15, 0.2) is 5.78 Å². The van der Waals surface area contributed by atoms with Gasteiger partial charge in [-0.15, -0.1) is 0 Å². The van der Waals surface area contributed by atoms with E-state index in [0.717, 1.165) is 53.8 Å². The van der Waals surface area contributed by atoms with Crippen molar-refractivity contribution in [2.24, 2.45) is 5.41 Å². The number of benzene rings is 3. The average Bonchev–Trinajstić information content (AvgIpc) is 3.72. The average molecular weight is 697 g/mol. The maximum atomic E-state index is 13.9. The fourth-order valence-corrected chi connectivity index (χ4v) is 7.67. The van der Waals surface area contributed by atoms with Gasteiger partial charge in [-0.3, -0.25) is 19.2 Å². The van der Waals surface area contributed by atoms with E-state index in [9.17, 15) is 24.3 Å². The number of hydrogen-bond acceptors (Lipinski definition) is 7. The Bertz CT molecular complexity index is 1640. The van der Waals surface area contributed by atoms with Gasteiger partial charge in [0.05, 0.1) is 24.6 Å². The Morgan fingerprint density at radius 3 is 2.16 bits per heavy atom. The largest absolute Gasteiger partial charge is 0.497 e. The van der Waals surface area contributed by atoms with Crippen molar-refractivity contribution in [2.45, 2.75) is 103 Å². The highest BCUT2D eigenvalue weighted by Gasteiger charge is 2.49. The van der Waals surface area contributed by atoms with Crippen LogP contribution >= 0.6 is 0 Å². The Hall–Kier alpha value is -4.70. The van der Waals surface area contributed by atoms with Gasteiger partial charge in [0.25, 0.3) is 0 Å². The fourth-order valence-electron chi connectivity index (χ4n) is 7.67. The molecule has 0 radical (unpaired) electrons. The number of carbonyl (C=O) groups excluding carboxylic acids is 4. The molecule has 0 spiro atoms. The summed E-state index contributed by atoms with van der Waals surface area (Å²) in [5, 5.41) is 17.9. The molecule has 51 heavy (non-hydrogen) atoms. The number of carbonyl (C=O) groups is 4. The van der Waals surface area contributed by atoms with Crippen LogP contribution in [0.5, 0.6) is 5.75 Å². The first-order valence-electron chi connectivity index (χ1n) is 18.2. The normalized spacial score (nSPS) is 20.1. The molecular formula is C41H52N4O6. The minimum Gasteiger partial charge on any atom is -0.497 e. The predicted octanol–water partition coefficient (Wildman–Crippen LogP) is 5.48. The summed E-state index contributed by atoms with van der Waals surface area (Å²) in [6.07, 6.45) is 4.13. The third-order valence-electron chi connectivity index (χ3n) is 10.5. The molecule has 1 aliphatic heterocycles. The molecule has 4 atom stereocenters. The van der Waals surface area contributed by atoms with Crippen LogP contribution in [0.3, 0.4) is 0 Å². The quantitative estimate of drug-likeness (QED) is 0.192. The maximum Gasteiger partial charge on any atom is 0.226 e. The van der Waals surface area contributed by atoms with Crippen LogP contribution < -0.4 is 20.3 Å². The van der Waals surface area contributed by atoms with Crippen molar-refractivity contribution in [2.75, 3.05) is 18.6 Å². The summed E-state index contributed by atoms with van der Waals surface area (Å²) in [6, 6.07) is 23.9. The summed E-state index contributed by atoms with van der Waals surface area (Å²) in [7, 11) is 1.62. The summed E-state index contributed by atoms with van der Waals surface area (Å²) in [6.45, 7) is 5.36. The molecule has 2 fully saturated rings. The molecule has 1 saturated carbocycles. The lowest BCUT2D eigenvalue weighted by molar-refractivity contribution is -0.135. The second-order valence-corrected chi connectivity index (χ2v) is 14.0. The third kappa shape index (κ3) is 8.79. The second kappa shape index (κ2) is 17.0. The molecule has 1 aliphatic carbocycles. The van der Waals surface area contributed by atoms with Crippen LogP contribution in [0.25, 0.3) is 0 Å². The number of ketones is 1. The molecule has 3 amide bonds. The lowest BCUT2D eigenvalue weighted by atomic mass is 9.81. The van der Waals surface area contributed by atoms with Gasteiger partial charge in [-0.25, -0.2) is 0 Å². The van der Waals surface area contributed by atoms with Gasteiger partial charge in [-0.1, -0.05) is 74.4 Å². The third-order valence-corrected chi connectivity index (χ3v) is 10.5. The standard InChI is InChI=1S/C41H52N4O6/c1-5-11-37(48)45-36(27-31-16-20-34(51-4)21-17-31)39(49)44(38(45)32-12-7-6-8-13-32)33-18-14-30(15-19-33)26-35(28(2)46)43-40(50)41(22-9-10-23-41)24-25-42-29(3)47/h6-8,12-21,35-36,38-39,49H,5,9-11,22-27H2,1-4H3,(H,42,47)(H,43,50). The van der Waals surface area contributed by atoms with E-state index in [1.807, 2.05) is 95.6 Å². The molecule has 272 valence electrons. The lowest BCUT2D eigenvalue weighted by Crippen LogP contribution is -2.49. The van der Waals surface area contributed by atoms with Crippen molar-refractivity contribution in [3.63, 3.8) is 0 Å². The van der Waals surface area contributed by atoms with Gasteiger partial charge in [0, 0.05) is 25.6 Å². The molecule has 3 aromatic carbocycles. The van der Waals surface area contributed by atoms with E-state index in [1.165, 1.54) is 13.8 Å². The molecule has 3 aromatic rings. The Morgan fingerprint density at radius 2 is 1.57 bits per heavy atom. The minimum atomic E-state index is -1.01. The first-order valence-corrected chi connectivity index (χ1v) is 18.2. The number of ether oxygens (including phenoxy) is 1. The number of hydrogen-bond donors (Lipinski definition) is 3. The molecule has 4 unspecified atom stereocenters. The molecule has 10 heteroatoms. The number of amides is 3. The summed E-state index contributed by atoms with van der Waals surface area (Å²) in [5.74, 6) is 0.319. The van der Waals surface area contributed by atoms with Crippen LogP contribution in [0.4, 0.5) is 5.69 Å². The van der Waals surface area contributed by atoms with Crippen LogP contribution in [0.2, 0.25) is 0 Å². The zero-order chi connectivity index (χ0) is 36.5. The summed E-state index contributed by atoms with van der Waals surface area (Å²) in [4.78, 5) is 55.6. The number of aliphatic hydroxyl groups is 1. The van der Waals surface area contributed by atoms with Crippen molar-refractivity contribution < 1.29 is 29.0 Å². The van der Waals surface area contributed by atoms with E-state index >= 15 is 0 Å². The second-order valence-electron chi connectivity index (χ2n) is 14.0. The molecule has 5 rings (SSSR count). The number of aliphatic hydroxyl groups excluding tert-OH is 1. The number of anilines is 1. The fraction of sp³-hybridized carbons (Fsp3) is 0.463. The number of Topliss-reactive ketones (excluding diaryl/α,β-unsaturated/α-hetero) is 1. The van der Waals surface area contributed by atoms with Gasteiger partial charge in [0.1, 0.15) is 18.1 Å². The Morgan fingerprint density at radius 1 is 0.922 bits per heavy atom. The Labute approximate surface area is 301 Å².